The monoisotopic (exact) mass is 324 g/mol. The third kappa shape index (κ3) is 4.15. The quantitative estimate of drug-likeness (QED) is 0.883. The Bertz CT molecular complexity index is 672. The smallest absolute Gasteiger partial charge is 0.228 e. The van der Waals surface area contributed by atoms with Crippen molar-refractivity contribution in [2.45, 2.75) is 19.9 Å². The lowest BCUT2D eigenvalue weighted by Gasteiger charge is -2.17. The number of nitrogens with zero attached hydrogens (tertiary/aromatic N) is 1. The third-order valence-electron chi connectivity index (χ3n) is 4.34. The number of carbonyl (C=O) groups excluding carboxylic acids is 1. The van der Waals surface area contributed by atoms with E-state index in [9.17, 15) is 4.79 Å². The van der Waals surface area contributed by atoms with E-state index in [4.69, 9.17) is 4.74 Å². The average molecular weight is 324 g/mol. The molecule has 0 radical (unpaired) electrons. The molecule has 1 heterocycles. The lowest BCUT2D eigenvalue weighted by Crippen LogP contribution is -2.27. The molecule has 1 N–H and O–H groups in total. The highest BCUT2D eigenvalue weighted by atomic mass is 16.5. The molecule has 0 aliphatic carbocycles. The highest BCUT2D eigenvalue weighted by molar-refractivity contribution is 5.94. The van der Waals surface area contributed by atoms with E-state index in [0.717, 1.165) is 37.5 Å². The molecule has 1 atom stereocenters. The van der Waals surface area contributed by atoms with Crippen molar-refractivity contribution in [3.8, 4) is 5.75 Å². The van der Waals surface area contributed by atoms with Crippen molar-refractivity contribution in [3.05, 3.63) is 60.2 Å². The molecule has 1 fully saturated rings. The van der Waals surface area contributed by atoms with Gasteiger partial charge in [-0.25, -0.2) is 0 Å². The van der Waals surface area contributed by atoms with Crippen LogP contribution in [-0.2, 0) is 11.3 Å². The molecule has 0 spiro atoms. The Hall–Kier alpha value is -2.33. The average Bonchev–Trinajstić information content (AvgIpc) is 3.06. The van der Waals surface area contributed by atoms with Crippen LogP contribution in [0.25, 0.3) is 0 Å². The van der Waals surface area contributed by atoms with Gasteiger partial charge in [0.1, 0.15) is 5.75 Å². The van der Waals surface area contributed by atoms with Crippen LogP contribution in [0.4, 0.5) is 5.69 Å². The maximum Gasteiger partial charge on any atom is 0.228 e. The Morgan fingerprint density at radius 3 is 2.71 bits per heavy atom. The van der Waals surface area contributed by atoms with Gasteiger partial charge in [-0.05, 0) is 37.6 Å². The van der Waals surface area contributed by atoms with Gasteiger partial charge in [0.15, 0.2) is 0 Å². The standard InChI is InChI=1S/C20H24N2O2/c1-2-24-19-11-7-6-10-18(19)21-20(23)17-12-13-22(15-17)14-16-8-4-3-5-9-16/h3-11,17H,2,12-15H2,1H3,(H,21,23). The minimum absolute atomic E-state index is 0.0309. The minimum Gasteiger partial charge on any atom is -0.492 e. The fourth-order valence-electron chi connectivity index (χ4n) is 3.12. The van der Waals surface area contributed by atoms with E-state index in [2.05, 4.69) is 34.5 Å². The van der Waals surface area contributed by atoms with Gasteiger partial charge >= 0.3 is 0 Å². The van der Waals surface area contributed by atoms with E-state index >= 15 is 0 Å². The summed E-state index contributed by atoms with van der Waals surface area (Å²) in [6.45, 7) is 5.19. The molecule has 1 saturated heterocycles. The molecule has 1 unspecified atom stereocenters. The van der Waals surface area contributed by atoms with Gasteiger partial charge in [0.25, 0.3) is 0 Å². The summed E-state index contributed by atoms with van der Waals surface area (Å²) in [6, 6.07) is 18.0. The number of likely N-dealkylation sites (tertiary alicyclic amines) is 1. The van der Waals surface area contributed by atoms with Gasteiger partial charge in [-0.3, -0.25) is 9.69 Å². The first kappa shape index (κ1) is 16.5. The predicted octanol–water partition coefficient (Wildman–Crippen LogP) is 3.55. The minimum atomic E-state index is 0.0309. The number of hydrogen-bond donors (Lipinski definition) is 1. The van der Waals surface area contributed by atoms with Crippen molar-refractivity contribution >= 4 is 11.6 Å². The SMILES string of the molecule is CCOc1ccccc1NC(=O)C1CCN(Cc2ccccc2)C1. The maximum atomic E-state index is 12.6. The summed E-state index contributed by atoms with van der Waals surface area (Å²) in [5.74, 6) is 0.841. The van der Waals surface area contributed by atoms with Crippen LogP contribution in [0.5, 0.6) is 5.75 Å². The zero-order valence-electron chi connectivity index (χ0n) is 14.1. The Balaban J connectivity index is 1.57. The van der Waals surface area contributed by atoms with E-state index in [0.29, 0.717) is 6.61 Å². The molecule has 126 valence electrons. The summed E-state index contributed by atoms with van der Waals surface area (Å²) in [5.41, 5.74) is 2.05. The fourth-order valence-corrected chi connectivity index (χ4v) is 3.12. The summed E-state index contributed by atoms with van der Waals surface area (Å²) >= 11 is 0. The number of carbonyl (C=O) groups is 1. The topological polar surface area (TPSA) is 41.6 Å². The van der Waals surface area contributed by atoms with Crippen molar-refractivity contribution < 1.29 is 9.53 Å². The molecule has 1 amide bonds. The molecule has 1 aliphatic rings. The van der Waals surface area contributed by atoms with E-state index < -0.39 is 0 Å². The van der Waals surface area contributed by atoms with Gasteiger partial charge < -0.3 is 10.1 Å². The number of ether oxygens (including phenoxy) is 1. The van der Waals surface area contributed by atoms with Gasteiger partial charge in [-0.1, -0.05) is 42.5 Å². The third-order valence-corrected chi connectivity index (χ3v) is 4.34. The van der Waals surface area contributed by atoms with E-state index in [1.54, 1.807) is 0 Å². The van der Waals surface area contributed by atoms with Crippen LogP contribution in [0.15, 0.2) is 54.6 Å². The summed E-state index contributed by atoms with van der Waals surface area (Å²) in [6.07, 6.45) is 0.898. The highest BCUT2D eigenvalue weighted by Crippen LogP contribution is 2.26. The molecule has 0 aromatic heterocycles. The summed E-state index contributed by atoms with van der Waals surface area (Å²) in [7, 11) is 0. The molecule has 2 aromatic rings. The van der Waals surface area contributed by atoms with E-state index in [-0.39, 0.29) is 11.8 Å². The van der Waals surface area contributed by atoms with Crippen molar-refractivity contribution in [3.63, 3.8) is 0 Å². The lowest BCUT2D eigenvalue weighted by atomic mass is 10.1. The van der Waals surface area contributed by atoms with Crippen LogP contribution >= 0.6 is 0 Å². The van der Waals surface area contributed by atoms with E-state index in [1.165, 1.54) is 5.56 Å². The second kappa shape index (κ2) is 7.97. The molecule has 0 bridgehead atoms. The first-order valence-electron chi connectivity index (χ1n) is 8.55. The first-order valence-corrected chi connectivity index (χ1v) is 8.55. The molecule has 4 nitrogen and oxygen atoms in total. The normalized spacial score (nSPS) is 17.6. The maximum absolute atomic E-state index is 12.6. The van der Waals surface area contributed by atoms with E-state index in [1.807, 2.05) is 37.3 Å². The van der Waals surface area contributed by atoms with Crippen LogP contribution in [0.3, 0.4) is 0 Å². The number of benzene rings is 2. The van der Waals surface area contributed by atoms with Gasteiger partial charge in [-0.15, -0.1) is 0 Å². The van der Waals surface area contributed by atoms with Crippen molar-refractivity contribution in [1.29, 1.82) is 0 Å². The summed E-state index contributed by atoms with van der Waals surface area (Å²) in [4.78, 5) is 14.9. The molecule has 2 aromatic carbocycles. The number of para-hydroxylation sites is 2. The first-order chi connectivity index (χ1) is 11.8. The molecule has 1 aliphatic heterocycles. The molecular weight excluding hydrogens is 300 g/mol. The van der Waals surface area contributed by atoms with Crippen LogP contribution < -0.4 is 10.1 Å². The van der Waals surface area contributed by atoms with Crippen molar-refractivity contribution in [1.82, 2.24) is 4.90 Å². The molecule has 0 saturated carbocycles. The van der Waals surface area contributed by atoms with Crippen LogP contribution in [-0.4, -0.2) is 30.5 Å². The van der Waals surface area contributed by atoms with Crippen LogP contribution in [0.1, 0.15) is 18.9 Å². The Labute approximate surface area is 143 Å². The van der Waals surface area contributed by atoms with Crippen LogP contribution in [0, 0.1) is 5.92 Å². The Morgan fingerprint density at radius 2 is 1.92 bits per heavy atom. The second-order valence-electron chi connectivity index (χ2n) is 6.12. The number of hydrogen-bond acceptors (Lipinski definition) is 3. The molecular formula is C20H24N2O2. The fraction of sp³-hybridized carbons (Fsp3) is 0.350. The zero-order chi connectivity index (χ0) is 16.8. The Morgan fingerprint density at radius 1 is 1.17 bits per heavy atom. The highest BCUT2D eigenvalue weighted by Gasteiger charge is 2.28. The van der Waals surface area contributed by atoms with Gasteiger partial charge in [0.2, 0.25) is 5.91 Å². The summed E-state index contributed by atoms with van der Waals surface area (Å²) < 4.78 is 5.58. The summed E-state index contributed by atoms with van der Waals surface area (Å²) in [5, 5.41) is 3.03. The van der Waals surface area contributed by atoms with Crippen molar-refractivity contribution in [2.75, 3.05) is 25.0 Å². The van der Waals surface area contributed by atoms with Gasteiger partial charge in [0, 0.05) is 13.1 Å². The number of nitrogens with one attached hydrogen (secondary N) is 1. The van der Waals surface area contributed by atoms with Crippen LogP contribution in [0.2, 0.25) is 0 Å². The lowest BCUT2D eigenvalue weighted by molar-refractivity contribution is -0.119. The van der Waals surface area contributed by atoms with Gasteiger partial charge in [0.05, 0.1) is 18.2 Å². The Kier molecular flexibility index (Phi) is 5.49. The molecule has 3 rings (SSSR count). The number of amides is 1. The molecule has 4 heteroatoms. The number of rotatable bonds is 6. The van der Waals surface area contributed by atoms with Gasteiger partial charge in [-0.2, -0.15) is 0 Å². The largest absolute Gasteiger partial charge is 0.492 e. The second-order valence-corrected chi connectivity index (χ2v) is 6.12. The van der Waals surface area contributed by atoms with Crippen molar-refractivity contribution in [2.24, 2.45) is 5.92 Å². The molecule has 24 heavy (non-hydrogen) atoms. The number of anilines is 1. The zero-order valence-corrected chi connectivity index (χ0v) is 14.1. The predicted molar refractivity (Wildman–Crippen MR) is 96.1 cm³/mol.